The van der Waals surface area contributed by atoms with Crippen LogP contribution in [0, 0.1) is 0 Å². The number of likely N-dealkylation sites (N-methyl/N-ethyl adjacent to an activating group) is 1. The Morgan fingerprint density at radius 3 is 2.14 bits per heavy atom. The third-order valence-electron chi connectivity index (χ3n) is 6.52. The summed E-state index contributed by atoms with van der Waals surface area (Å²) in [6.07, 6.45) is -4.09. The minimum absolute atomic E-state index is 0.0851. The summed E-state index contributed by atoms with van der Waals surface area (Å²) < 4.78 is 16.1. The number of carbonyl (C=O) groups is 4. The fraction of sp³-hybridized carbons (Fsp3) is 0.290. The molecule has 4 atom stereocenters. The number of benzene rings is 3. The Bertz CT molecular complexity index is 1400. The lowest BCUT2D eigenvalue weighted by molar-refractivity contribution is -0.156. The molecule has 0 spiro atoms. The van der Waals surface area contributed by atoms with Gasteiger partial charge in [0, 0.05) is 19.7 Å². The van der Waals surface area contributed by atoms with Crippen molar-refractivity contribution in [1.82, 2.24) is 10.2 Å². The summed E-state index contributed by atoms with van der Waals surface area (Å²) in [5, 5.41) is 33.1. The van der Waals surface area contributed by atoms with Crippen LogP contribution in [0.2, 0.25) is 0 Å². The minimum atomic E-state index is -1.84. The molecule has 4 N–H and O–H groups in total. The van der Waals surface area contributed by atoms with E-state index in [1.165, 1.54) is 44.4 Å². The molecule has 0 bridgehead atoms. The largest absolute Gasteiger partial charge is 0.508 e. The summed E-state index contributed by atoms with van der Waals surface area (Å²) >= 11 is 0. The molecule has 0 fully saturated rings. The van der Waals surface area contributed by atoms with Gasteiger partial charge in [0.1, 0.15) is 18.4 Å². The van der Waals surface area contributed by atoms with Crippen molar-refractivity contribution in [1.29, 1.82) is 0 Å². The second kappa shape index (κ2) is 15.3. The topological polar surface area (TPSA) is 172 Å². The number of alkyl carbamates (subject to hydrolysis) is 1. The molecule has 3 aromatic rings. The quantitative estimate of drug-likeness (QED) is 0.216. The first-order chi connectivity index (χ1) is 20.5. The minimum Gasteiger partial charge on any atom is -0.508 e. The van der Waals surface area contributed by atoms with Gasteiger partial charge in [0.2, 0.25) is 5.91 Å². The van der Waals surface area contributed by atoms with Gasteiger partial charge in [-0.05, 0) is 42.3 Å². The highest BCUT2D eigenvalue weighted by Crippen LogP contribution is 2.32. The van der Waals surface area contributed by atoms with Gasteiger partial charge in [-0.1, -0.05) is 54.6 Å². The number of aliphatic carboxylic acids is 1. The Kier molecular flexibility index (Phi) is 11.6. The molecule has 0 aliphatic rings. The van der Waals surface area contributed by atoms with Crippen LogP contribution in [0.15, 0.2) is 78.9 Å². The van der Waals surface area contributed by atoms with E-state index in [0.29, 0.717) is 11.1 Å². The normalized spacial score (nSPS) is 13.6. The van der Waals surface area contributed by atoms with Crippen LogP contribution in [0.3, 0.4) is 0 Å². The fourth-order valence-electron chi connectivity index (χ4n) is 4.34. The van der Waals surface area contributed by atoms with Crippen LogP contribution in [0.5, 0.6) is 5.75 Å². The van der Waals surface area contributed by atoms with Crippen molar-refractivity contribution in [3.63, 3.8) is 0 Å². The van der Waals surface area contributed by atoms with E-state index in [2.05, 4.69) is 5.32 Å². The SMILES string of the molecule is COCc1cc(O)ccc1C(OC(=O)c1ccccc1)[C@@H](C(=O)O)N(C)C(=O)[C@@H](NC(=O)OCc1ccccc1)[C@@H](C)O. The van der Waals surface area contributed by atoms with E-state index in [4.69, 9.17) is 14.2 Å². The smallest absolute Gasteiger partial charge is 0.408 e. The predicted molar refractivity (Wildman–Crippen MR) is 153 cm³/mol. The van der Waals surface area contributed by atoms with Gasteiger partial charge in [0.25, 0.3) is 0 Å². The first kappa shape index (κ1) is 32.6. The number of phenols is 1. The molecule has 3 aromatic carbocycles. The van der Waals surface area contributed by atoms with Gasteiger partial charge in [-0.2, -0.15) is 0 Å². The lowest BCUT2D eigenvalue weighted by atomic mass is 9.95. The number of carbonyl (C=O) groups excluding carboxylic acids is 3. The number of aliphatic hydroxyl groups excluding tert-OH is 1. The number of aliphatic hydroxyl groups is 1. The maximum Gasteiger partial charge on any atom is 0.408 e. The van der Waals surface area contributed by atoms with Gasteiger partial charge in [-0.15, -0.1) is 0 Å². The fourth-order valence-corrected chi connectivity index (χ4v) is 4.34. The lowest BCUT2D eigenvalue weighted by Gasteiger charge is -2.35. The molecule has 0 radical (unpaired) electrons. The number of phenolic OH excluding ortho intramolecular Hbond substituents is 1. The zero-order valence-corrected chi connectivity index (χ0v) is 23.9. The standard InChI is InChI=1S/C31H34N2O10/c1-19(34)25(32-31(40)42-17-20-10-6-4-7-11-20)28(36)33(2)26(29(37)38)27(43-30(39)21-12-8-5-9-13-21)24-15-14-23(35)16-22(24)18-41-3/h4-16,19,25-27,34-35H,17-18H2,1-3H3,(H,32,40)(H,37,38)/t19-,25+,26+,27?/m1/s1. The molecule has 0 aliphatic heterocycles. The number of rotatable bonds is 13. The van der Waals surface area contributed by atoms with Gasteiger partial charge in [-0.3, -0.25) is 4.79 Å². The van der Waals surface area contributed by atoms with Crippen LogP contribution in [0.1, 0.15) is 40.1 Å². The monoisotopic (exact) mass is 594 g/mol. The van der Waals surface area contributed by atoms with Crippen LogP contribution in [0.4, 0.5) is 4.79 Å². The van der Waals surface area contributed by atoms with Crippen molar-refractivity contribution in [2.75, 3.05) is 14.2 Å². The Labute approximate surface area is 248 Å². The van der Waals surface area contributed by atoms with Crippen molar-refractivity contribution < 1.29 is 48.7 Å². The van der Waals surface area contributed by atoms with E-state index in [1.807, 2.05) is 0 Å². The average Bonchev–Trinajstić information content (AvgIpc) is 2.99. The van der Waals surface area contributed by atoms with Crippen LogP contribution < -0.4 is 5.32 Å². The Hall–Kier alpha value is -4.94. The molecular weight excluding hydrogens is 560 g/mol. The number of esters is 1. The molecule has 3 rings (SSSR count). The highest BCUT2D eigenvalue weighted by molar-refractivity contribution is 5.92. The van der Waals surface area contributed by atoms with Gasteiger partial charge in [0.15, 0.2) is 12.1 Å². The molecule has 0 heterocycles. The summed E-state index contributed by atoms with van der Waals surface area (Å²) in [6, 6.07) is 17.1. The molecule has 0 saturated carbocycles. The number of methoxy groups -OCH3 is 1. The number of carboxylic acid groups (broad SMARTS) is 1. The first-order valence-corrected chi connectivity index (χ1v) is 13.2. The molecule has 2 amide bonds. The van der Waals surface area contributed by atoms with Crippen molar-refractivity contribution in [3.8, 4) is 5.75 Å². The number of carboxylic acids is 1. The molecular formula is C31H34N2O10. The molecule has 1 unspecified atom stereocenters. The van der Waals surface area contributed by atoms with Crippen LogP contribution >= 0.6 is 0 Å². The number of aromatic hydroxyl groups is 1. The average molecular weight is 595 g/mol. The summed E-state index contributed by atoms with van der Waals surface area (Å²) in [4.78, 5) is 52.8. The predicted octanol–water partition coefficient (Wildman–Crippen LogP) is 3.02. The van der Waals surface area contributed by atoms with Crippen LogP contribution in [0.25, 0.3) is 0 Å². The zero-order valence-electron chi connectivity index (χ0n) is 23.9. The number of ether oxygens (including phenoxy) is 3. The van der Waals surface area contributed by atoms with E-state index in [-0.39, 0.29) is 30.1 Å². The first-order valence-electron chi connectivity index (χ1n) is 13.2. The van der Waals surface area contributed by atoms with Crippen LogP contribution in [-0.4, -0.2) is 76.5 Å². The maximum atomic E-state index is 13.6. The van der Waals surface area contributed by atoms with E-state index >= 15 is 0 Å². The molecule has 12 nitrogen and oxygen atoms in total. The molecule has 228 valence electrons. The van der Waals surface area contributed by atoms with E-state index in [0.717, 1.165) is 11.9 Å². The Morgan fingerprint density at radius 1 is 0.930 bits per heavy atom. The Morgan fingerprint density at radius 2 is 1.56 bits per heavy atom. The summed E-state index contributed by atoms with van der Waals surface area (Å²) in [6.45, 7) is 1.05. The summed E-state index contributed by atoms with van der Waals surface area (Å²) in [5.41, 5.74) is 1.27. The zero-order chi connectivity index (χ0) is 31.5. The number of hydrogen-bond acceptors (Lipinski definition) is 9. The number of hydrogen-bond donors (Lipinski definition) is 4. The molecule has 0 saturated heterocycles. The van der Waals surface area contributed by atoms with Crippen molar-refractivity contribution in [2.45, 2.75) is 44.4 Å². The van der Waals surface area contributed by atoms with Gasteiger partial charge in [-0.25, -0.2) is 14.4 Å². The van der Waals surface area contributed by atoms with Gasteiger partial charge in [0.05, 0.1) is 18.3 Å². The van der Waals surface area contributed by atoms with E-state index in [1.54, 1.807) is 48.5 Å². The molecule has 12 heteroatoms. The third kappa shape index (κ3) is 8.77. The molecule has 43 heavy (non-hydrogen) atoms. The highest BCUT2D eigenvalue weighted by Gasteiger charge is 2.42. The summed E-state index contributed by atoms with van der Waals surface area (Å²) in [5.74, 6) is -3.56. The number of amides is 2. The lowest BCUT2D eigenvalue weighted by Crippen LogP contribution is -2.57. The number of nitrogens with one attached hydrogen (secondary N) is 1. The maximum absolute atomic E-state index is 13.6. The third-order valence-corrected chi connectivity index (χ3v) is 6.52. The van der Waals surface area contributed by atoms with Crippen LogP contribution in [-0.2, 0) is 37.0 Å². The highest BCUT2D eigenvalue weighted by atomic mass is 16.6. The van der Waals surface area contributed by atoms with Gasteiger partial charge >= 0.3 is 18.0 Å². The van der Waals surface area contributed by atoms with E-state index in [9.17, 15) is 34.5 Å². The molecule has 0 aliphatic carbocycles. The Balaban J connectivity index is 1.95. The second-order valence-corrected chi connectivity index (χ2v) is 9.66. The van der Waals surface area contributed by atoms with Crippen molar-refractivity contribution in [2.24, 2.45) is 0 Å². The summed E-state index contributed by atoms with van der Waals surface area (Å²) in [7, 11) is 2.53. The van der Waals surface area contributed by atoms with Crippen molar-refractivity contribution in [3.05, 3.63) is 101 Å². The number of nitrogens with zero attached hydrogens (tertiary/aromatic N) is 1. The van der Waals surface area contributed by atoms with Crippen molar-refractivity contribution >= 4 is 23.9 Å². The second-order valence-electron chi connectivity index (χ2n) is 9.66. The molecule has 0 aromatic heterocycles. The van der Waals surface area contributed by atoms with Gasteiger partial charge < -0.3 is 39.7 Å². The van der Waals surface area contributed by atoms with E-state index < -0.39 is 48.2 Å².